The van der Waals surface area contributed by atoms with Crippen LogP contribution in [0.15, 0.2) is 95.5 Å². The summed E-state index contributed by atoms with van der Waals surface area (Å²) in [7, 11) is 0. The number of hydrogen-bond donors (Lipinski definition) is 1. The van der Waals surface area contributed by atoms with Crippen LogP contribution in [0, 0.1) is 0 Å². The number of oxazole rings is 1. The number of amides is 1. The molecule has 1 atom stereocenters. The lowest BCUT2D eigenvalue weighted by atomic mass is 10.0. The van der Waals surface area contributed by atoms with Crippen LogP contribution in [0.2, 0.25) is 0 Å². The van der Waals surface area contributed by atoms with Crippen molar-refractivity contribution < 1.29 is 18.7 Å². The fourth-order valence-corrected chi connectivity index (χ4v) is 3.38. The van der Waals surface area contributed by atoms with Crippen molar-refractivity contribution in [2.24, 2.45) is 0 Å². The molecule has 1 amide bonds. The van der Waals surface area contributed by atoms with E-state index in [9.17, 15) is 9.59 Å². The summed E-state index contributed by atoms with van der Waals surface area (Å²) in [5, 5.41) is 2.86. The maximum Gasteiger partial charge on any atom is 0.307 e. The Kier molecular flexibility index (Phi) is 6.95. The number of ether oxygens (including phenoxy) is 1. The quantitative estimate of drug-likeness (QED) is 0.365. The average Bonchev–Trinajstić information content (AvgIpc) is 3.33. The third kappa shape index (κ3) is 5.74. The molecule has 6 nitrogen and oxygen atoms in total. The molecule has 0 aliphatic carbocycles. The van der Waals surface area contributed by atoms with Crippen LogP contribution in [0.1, 0.15) is 19.2 Å². The van der Waals surface area contributed by atoms with Crippen molar-refractivity contribution in [3.05, 3.63) is 97.0 Å². The third-order valence-corrected chi connectivity index (χ3v) is 5.10. The van der Waals surface area contributed by atoms with Gasteiger partial charge in [-0.1, -0.05) is 78.9 Å². The lowest BCUT2D eigenvalue weighted by molar-refractivity contribution is -0.153. The zero-order valence-electron chi connectivity index (χ0n) is 18.2. The maximum absolute atomic E-state index is 12.6. The van der Waals surface area contributed by atoms with E-state index in [1.165, 1.54) is 0 Å². The number of rotatable bonds is 8. The van der Waals surface area contributed by atoms with E-state index in [0.717, 1.165) is 16.7 Å². The first-order chi connectivity index (χ1) is 16.1. The number of carbonyl (C=O) groups excluding carboxylic acids is 2. The topological polar surface area (TPSA) is 81.4 Å². The van der Waals surface area contributed by atoms with Crippen LogP contribution in [0.3, 0.4) is 0 Å². The van der Waals surface area contributed by atoms with Gasteiger partial charge >= 0.3 is 5.97 Å². The summed E-state index contributed by atoms with van der Waals surface area (Å²) in [6, 6.07) is 26.9. The molecule has 6 heteroatoms. The van der Waals surface area contributed by atoms with E-state index in [4.69, 9.17) is 9.15 Å². The zero-order valence-corrected chi connectivity index (χ0v) is 18.2. The van der Waals surface area contributed by atoms with Gasteiger partial charge in [0.05, 0.1) is 12.6 Å². The SMILES string of the molecule is CC(OC(=O)CCc1ncc(-c2ccccc2)o1)C(=O)Nc1ccccc1-c1ccccc1. The molecule has 0 bridgehead atoms. The summed E-state index contributed by atoms with van der Waals surface area (Å²) in [5.41, 5.74) is 3.45. The van der Waals surface area contributed by atoms with Gasteiger partial charge in [0.25, 0.3) is 5.91 Å². The maximum atomic E-state index is 12.6. The molecule has 0 aliphatic rings. The number of anilines is 1. The minimum absolute atomic E-state index is 0.0625. The van der Waals surface area contributed by atoms with Crippen molar-refractivity contribution in [2.45, 2.75) is 25.9 Å². The van der Waals surface area contributed by atoms with Crippen LogP contribution in [-0.4, -0.2) is 23.0 Å². The highest BCUT2D eigenvalue weighted by atomic mass is 16.5. The van der Waals surface area contributed by atoms with Crippen LogP contribution in [0.4, 0.5) is 5.69 Å². The molecule has 0 saturated heterocycles. The number of para-hydroxylation sites is 1. The second kappa shape index (κ2) is 10.4. The molecule has 1 N–H and O–H groups in total. The highest BCUT2D eigenvalue weighted by Gasteiger charge is 2.20. The number of carbonyl (C=O) groups is 2. The Morgan fingerprint density at radius 1 is 0.909 bits per heavy atom. The minimum Gasteiger partial charge on any atom is -0.453 e. The molecule has 166 valence electrons. The fraction of sp³-hybridized carbons (Fsp3) is 0.148. The van der Waals surface area contributed by atoms with Crippen molar-refractivity contribution >= 4 is 17.6 Å². The average molecular weight is 440 g/mol. The summed E-state index contributed by atoms with van der Waals surface area (Å²) in [5.74, 6) is 0.200. The van der Waals surface area contributed by atoms with Gasteiger partial charge in [0.15, 0.2) is 17.8 Å². The van der Waals surface area contributed by atoms with E-state index < -0.39 is 18.0 Å². The van der Waals surface area contributed by atoms with Crippen molar-refractivity contribution in [1.29, 1.82) is 0 Å². The molecule has 1 aromatic heterocycles. The second-order valence-electron chi connectivity index (χ2n) is 7.52. The minimum atomic E-state index is -0.939. The molecule has 4 rings (SSSR count). The molecule has 1 unspecified atom stereocenters. The van der Waals surface area contributed by atoms with Gasteiger partial charge in [-0.25, -0.2) is 4.98 Å². The Hall–Kier alpha value is -4.19. The van der Waals surface area contributed by atoms with E-state index in [1.54, 1.807) is 13.1 Å². The van der Waals surface area contributed by atoms with Crippen LogP contribution in [0.5, 0.6) is 0 Å². The first-order valence-electron chi connectivity index (χ1n) is 10.7. The van der Waals surface area contributed by atoms with Gasteiger partial charge in [-0.3, -0.25) is 9.59 Å². The van der Waals surface area contributed by atoms with E-state index in [2.05, 4.69) is 10.3 Å². The van der Waals surface area contributed by atoms with Crippen LogP contribution < -0.4 is 5.32 Å². The Labute approximate surface area is 192 Å². The first kappa shape index (κ1) is 22.0. The number of aromatic nitrogens is 1. The molecule has 1 heterocycles. The number of benzene rings is 3. The number of hydrogen-bond acceptors (Lipinski definition) is 5. The lowest BCUT2D eigenvalue weighted by Gasteiger charge is -2.15. The van der Waals surface area contributed by atoms with Crippen molar-refractivity contribution in [3.8, 4) is 22.5 Å². The monoisotopic (exact) mass is 440 g/mol. The zero-order chi connectivity index (χ0) is 23.0. The molecule has 0 fully saturated rings. The number of nitrogens with one attached hydrogen (secondary N) is 1. The largest absolute Gasteiger partial charge is 0.453 e. The van der Waals surface area contributed by atoms with Crippen LogP contribution in [0.25, 0.3) is 22.5 Å². The van der Waals surface area contributed by atoms with Gasteiger partial charge in [-0.2, -0.15) is 0 Å². The first-order valence-corrected chi connectivity index (χ1v) is 10.7. The molecule has 0 radical (unpaired) electrons. The highest BCUT2D eigenvalue weighted by Crippen LogP contribution is 2.27. The number of esters is 1. The standard InChI is InChI=1S/C27H24N2O4/c1-19(27(31)29-23-15-9-8-14-22(23)20-10-4-2-5-11-20)32-26(30)17-16-25-28-18-24(33-25)21-12-6-3-7-13-21/h2-15,18-19H,16-17H2,1H3,(H,29,31). The van der Waals surface area contributed by atoms with Crippen molar-refractivity contribution in [3.63, 3.8) is 0 Å². The fourth-order valence-electron chi connectivity index (χ4n) is 3.38. The van der Waals surface area contributed by atoms with Crippen LogP contribution in [-0.2, 0) is 20.7 Å². The molecule has 3 aromatic carbocycles. The van der Waals surface area contributed by atoms with Gasteiger partial charge in [-0.15, -0.1) is 0 Å². The van der Waals surface area contributed by atoms with Gasteiger partial charge < -0.3 is 14.5 Å². The molecule has 33 heavy (non-hydrogen) atoms. The van der Waals surface area contributed by atoms with Crippen molar-refractivity contribution in [2.75, 3.05) is 5.32 Å². The van der Waals surface area contributed by atoms with Gasteiger partial charge in [0, 0.05) is 23.2 Å². The second-order valence-corrected chi connectivity index (χ2v) is 7.52. The smallest absolute Gasteiger partial charge is 0.307 e. The predicted octanol–water partition coefficient (Wildman–Crippen LogP) is 5.51. The number of nitrogens with zero attached hydrogens (tertiary/aromatic N) is 1. The molecule has 0 spiro atoms. The van der Waals surface area contributed by atoms with Crippen LogP contribution >= 0.6 is 0 Å². The Morgan fingerprint density at radius 3 is 2.27 bits per heavy atom. The number of aryl methyl sites for hydroxylation is 1. The van der Waals surface area contributed by atoms with Gasteiger partial charge in [0.2, 0.25) is 0 Å². The third-order valence-electron chi connectivity index (χ3n) is 5.10. The summed E-state index contributed by atoms with van der Waals surface area (Å²) >= 11 is 0. The Morgan fingerprint density at radius 2 is 1.55 bits per heavy atom. The van der Waals surface area contributed by atoms with E-state index in [1.807, 2.05) is 84.9 Å². The summed E-state index contributed by atoms with van der Waals surface area (Å²) in [6.07, 6.45) is 1.05. The Balaban J connectivity index is 1.31. The lowest BCUT2D eigenvalue weighted by Crippen LogP contribution is -2.30. The van der Waals surface area contributed by atoms with Crippen molar-refractivity contribution in [1.82, 2.24) is 4.98 Å². The predicted molar refractivity (Wildman–Crippen MR) is 126 cm³/mol. The molecular weight excluding hydrogens is 416 g/mol. The summed E-state index contributed by atoms with van der Waals surface area (Å²) < 4.78 is 11.0. The normalized spacial score (nSPS) is 11.5. The Bertz CT molecular complexity index is 1220. The molecule has 0 saturated carbocycles. The van der Waals surface area contributed by atoms with Gasteiger partial charge in [0.1, 0.15) is 0 Å². The molecule has 0 aliphatic heterocycles. The van der Waals surface area contributed by atoms with E-state index in [0.29, 0.717) is 17.3 Å². The van der Waals surface area contributed by atoms with E-state index >= 15 is 0 Å². The summed E-state index contributed by atoms with van der Waals surface area (Å²) in [6.45, 7) is 1.55. The summed E-state index contributed by atoms with van der Waals surface area (Å²) in [4.78, 5) is 29.1. The molecule has 4 aromatic rings. The van der Waals surface area contributed by atoms with Gasteiger partial charge in [-0.05, 0) is 18.6 Å². The molecular formula is C27H24N2O4. The highest BCUT2D eigenvalue weighted by molar-refractivity contribution is 5.98. The van der Waals surface area contributed by atoms with E-state index in [-0.39, 0.29) is 12.8 Å².